The van der Waals surface area contributed by atoms with E-state index >= 15 is 0 Å². The van der Waals surface area contributed by atoms with Gasteiger partial charge >= 0.3 is 0 Å². The molecule has 1 aliphatic heterocycles. The molecule has 160 valence electrons. The Labute approximate surface area is 174 Å². The third-order valence-corrected chi connectivity index (χ3v) is 6.14. The van der Waals surface area contributed by atoms with Crippen molar-refractivity contribution in [3.8, 4) is 5.75 Å². The summed E-state index contributed by atoms with van der Waals surface area (Å²) in [5.41, 5.74) is 2.33. The molecule has 3 rings (SSSR count). The van der Waals surface area contributed by atoms with E-state index in [2.05, 4.69) is 48.9 Å². The molecule has 1 aromatic carbocycles. The SMILES string of the molecule is COc1cccc(Cn2cccc2C[NH+](CC[NH+]2CCOCC2)C(C)(C)CO)c1. The molecule has 3 N–H and O–H groups in total. The molecule has 0 spiro atoms. The van der Waals surface area contributed by atoms with E-state index in [0.717, 1.165) is 58.2 Å². The fourth-order valence-corrected chi connectivity index (χ4v) is 3.97. The summed E-state index contributed by atoms with van der Waals surface area (Å²) in [4.78, 5) is 3.03. The maximum Gasteiger partial charge on any atom is 0.128 e. The molecule has 1 saturated heterocycles. The molecular weight excluding hydrogens is 366 g/mol. The Morgan fingerprint density at radius 2 is 2.00 bits per heavy atom. The highest BCUT2D eigenvalue weighted by atomic mass is 16.5. The summed E-state index contributed by atoms with van der Waals surface area (Å²) < 4.78 is 13.2. The predicted molar refractivity (Wildman–Crippen MR) is 114 cm³/mol. The standard InChI is InChI=1S/C23H35N3O3/c1-23(2,19-27)26(11-10-24-12-14-29-15-13-24)18-21-7-5-9-25(21)17-20-6-4-8-22(16-20)28-3/h4-9,16,27H,10-15,17-19H2,1-3H3/p+2. The number of hydrogen-bond donors (Lipinski definition) is 3. The Balaban J connectivity index is 1.69. The Kier molecular flexibility index (Phi) is 7.72. The minimum absolute atomic E-state index is 0.178. The van der Waals surface area contributed by atoms with Crippen LogP contribution in [0.3, 0.4) is 0 Å². The molecule has 6 heteroatoms. The monoisotopic (exact) mass is 403 g/mol. The molecule has 0 bridgehead atoms. The zero-order valence-corrected chi connectivity index (χ0v) is 18.1. The Morgan fingerprint density at radius 3 is 2.72 bits per heavy atom. The number of methoxy groups -OCH3 is 1. The van der Waals surface area contributed by atoms with Crippen molar-refractivity contribution in [1.29, 1.82) is 0 Å². The summed E-state index contributed by atoms with van der Waals surface area (Å²) in [6.07, 6.45) is 2.14. The van der Waals surface area contributed by atoms with Crippen LogP contribution in [-0.4, -0.2) is 68.3 Å². The minimum atomic E-state index is -0.184. The molecule has 1 aromatic heterocycles. The van der Waals surface area contributed by atoms with Crippen molar-refractivity contribution in [2.75, 3.05) is 53.1 Å². The van der Waals surface area contributed by atoms with Crippen LogP contribution in [0, 0.1) is 0 Å². The van der Waals surface area contributed by atoms with Crippen LogP contribution in [0.4, 0.5) is 0 Å². The normalized spacial score (nSPS) is 16.7. The fraction of sp³-hybridized carbons (Fsp3) is 0.565. The van der Waals surface area contributed by atoms with Gasteiger partial charge in [-0.25, -0.2) is 0 Å². The van der Waals surface area contributed by atoms with E-state index in [4.69, 9.17) is 9.47 Å². The number of nitrogens with one attached hydrogen (secondary N) is 2. The lowest BCUT2D eigenvalue weighted by atomic mass is 10.0. The van der Waals surface area contributed by atoms with Crippen molar-refractivity contribution in [3.05, 3.63) is 53.9 Å². The van der Waals surface area contributed by atoms with Crippen LogP contribution in [0.15, 0.2) is 42.6 Å². The van der Waals surface area contributed by atoms with Crippen LogP contribution in [0.2, 0.25) is 0 Å². The molecule has 0 amide bonds. The lowest BCUT2D eigenvalue weighted by Crippen LogP contribution is -3.24. The van der Waals surface area contributed by atoms with E-state index in [1.165, 1.54) is 16.2 Å². The second kappa shape index (κ2) is 10.3. The zero-order chi connectivity index (χ0) is 20.7. The van der Waals surface area contributed by atoms with Gasteiger partial charge in [0, 0.05) is 12.7 Å². The maximum atomic E-state index is 10.0. The topological polar surface area (TPSA) is 52.5 Å². The van der Waals surface area contributed by atoms with Crippen LogP contribution in [-0.2, 0) is 17.8 Å². The molecule has 2 heterocycles. The third kappa shape index (κ3) is 6.06. The van der Waals surface area contributed by atoms with Crippen LogP contribution in [0.25, 0.3) is 0 Å². The summed E-state index contributed by atoms with van der Waals surface area (Å²) >= 11 is 0. The van der Waals surface area contributed by atoms with Gasteiger partial charge in [-0.1, -0.05) is 12.1 Å². The molecule has 0 aliphatic carbocycles. The zero-order valence-electron chi connectivity index (χ0n) is 18.1. The number of rotatable bonds is 10. The van der Waals surface area contributed by atoms with Crippen LogP contribution >= 0.6 is 0 Å². The largest absolute Gasteiger partial charge is 0.497 e. The molecule has 0 radical (unpaired) electrons. The third-order valence-electron chi connectivity index (χ3n) is 6.14. The second-order valence-corrected chi connectivity index (χ2v) is 8.66. The number of benzene rings is 1. The number of quaternary nitrogens is 2. The maximum absolute atomic E-state index is 10.0. The van der Waals surface area contributed by atoms with E-state index in [1.807, 2.05) is 12.1 Å². The first-order valence-electron chi connectivity index (χ1n) is 10.7. The van der Waals surface area contributed by atoms with Gasteiger partial charge in [0.15, 0.2) is 0 Å². The molecule has 1 unspecified atom stereocenters. The van der Waals surface area contributed by atoms with Crippen LogP contribution in [0.1, 0.15) is 25.1 Å². The van der Waals surface area contributed by atoms with E-state index in [1.54, 1.807) is 12.0 Å². The van der Waals surface area contributed by atoms with E-state index in [-0.39, 0.29) is 12.1 Å². The van der Waals surface area contributed by atoms with Gasteiger partial charge in [0.1, 0.15) is 44.0 Å². The van der Waals surface area contributed by atoms with Gasteiger partial charge < -0.3 is 28.9 Å². The fourth-order valence-electron chi connectivity index (χ4n) is 3.97. The van der Waals surface area contributed by atoms with Crippen molar-refractivity contribution in [3.63, 3.8) is 0 Å². The van der Waals surface area contributed by atoms with Gasteiger partial charge in [-0.15, -0.1) is 0 Å². The van der Waals surface area contributed by atoms with Crippen LogP contribution < -0.4 is 14.5 Å². The molecule has 2 aromatic rings. The minimum Gasteiger partial charge on any atom is -0.497 e. The molecule has 1 aliphatic rings. The molecule has 0 saturated carbocycles. The number of ether oxygens (including phenoxy) is 2. The first kappa shape index (κ1) is 21.8. The van der Waals surface area contributed by atoms with Gasteiger partial charge in [0.25, 0.3) is 0 Å². The smallest absolute Gasteiger partial charge is 0.128 e. The van der Waals surface area contributed by atoms with Crippen molar-refractivity contribution >= 4 is 0 Å². The summed E-state index contributed by atoms with van der Waals surface area (Å²) in [6, 6.07) is 12.6. The van der Waals surface area contributed by atoms with Crippen molar-refractivity contribution in [2.45, 2.75) is 32.5 Å². The van der Waals surface area contributed by atoms with Crippen LogP contribution in [0.5, 0.6) is 5.75 Å². The van der Waals surface area contributed by atoms with E-state index in [9.17, 15) is 5.11 Å². The first-order chi connectivity index (χ1) is 14.0. The summed E-state index contributed by atoms with van der Waals surface area (Å²) in [7, 11) is 1.70. The lowest BCUT2D eigenvalue weighted by molar-refractivity contribution is -0.996. The average molecular weight is 404 g/mol. The molecular formula is C23H37N3O3+2. The highest BCUT2D eigenvalue weighted by molar-refractivity contribution is 5.29. The van der Waals surface area contributed by atoms with Gasteiger partial charge in [0.2, 0.25) is 0 Å². The Hall–Kier alpha value is -1.86. The highest BCUT2D eigenvalue weighted by Crippen LogP contribution is 2.15. The number of nitrogens with zero attached hydrogens (tertiary/aromatic N) is 1. The van der Waals surface area contributed by atoms with E-state index < -0.39 is 0 Å². The predicted octanol–water partition coefficient (Wildman–Crippen LogP) is -0.384. The van der Waals surface area contributed by atoms with E-state index in [0.29, 0.717) is 0 Å². The Morgan fingerprint density at radius 1 is 1.21 bits per heavy atom. The Bertz CT molecular complexity index is 753. The van der Waals surface area contributed by atoms with Crippen molar-refractivity contribution in [1.82, 2.24) is 4.57 Å². The first-order valence-corrected chi connectivity index (χ1v) is 10.7. The number of hydrogen-bond acceptors (Lipinski definition) is 3. The average Bonchev–Trinajstić information content (AvgIpc) is 3.18. The van der Waals surface area contributed by atoms with Gasteiger partial charge in [-0.05, 0) is 43.7 Å². The second-order valence-electron chi connectivity index (χ2n) is 8.66. The summed E-state index contributed by atoms with van der Waals surface area (Å²) in [5.74, 6) is 0.887. The molecule has 1 fully saturated rings. The molecule has 1 atom stereocenters. The van der Waals surface area contributed by atoms with Gasteiger partial charge in [-0.3, -0.25) is 0 Å². The number of aromatic nitrogens is 1. The summed E-state index contributed by atoms with van der Waals surface area (Å²) in [5, 5.41) is 10.0. The number of aliphatic hydroxyl groups is 1. The number of morpholine rings is 1. The quantitative estimate of drug-likeness (QED) is 0.507. The molecule has 6 nitrogen and oxygen atoms in total. The number of aliphatic hydroxyl groups excluding tert-OH is 1. The van der Waals surface area contributed by atoms with Crippen molar-refractivity contribution < 1.29 is 24.4 Å². The highest BCUT2D eigenvalue weighted by Gasteiger charge is 2.32. The van der Waals surface area contributed by atoms with Gasteiger partial charge in [0.05, 0.1) is 32.6 Å². The summed E-state index contributed by atoms with van der Waals surface area (Å²) in [6.45, 7) is 12.2. The lowest BCUT2D eigenvalue weighted by Gasteiger charge is -2.35. The van der Waals surface area contributed by atoms with Gasteiger partial charge in [-0.2, -0.15) is 0 Å². The van der Waals surface area contributed by atoms with Crippen molar-refractivity contribution in [2.24, 2.45) is 0 Å². The molecule has 29 heavy (non-hydrogen) atoms.